The first kappa shape index (κ1) is 21.7. The molecule has 3 N–H and O–H groups in total. The van der Waals surface area contributed by atoms with E-state index in [2.05, 4.69) is 16.0 Å². The Morgan fingerprint density at radius 3 is 2.63 bits per heavy atom. The van der Waals surface area contributed by atoms with E-state index in [0.29, 0.717) is 37.8 Å². The molecular weight excluding hydrogens is 405 g/mol. The van der Waals surface area contributed by atoms with Crippen molar-refractivity contribution in [1.82, 2.24) is 16.0 Å². The Morgan fingerprint density at radius 1 is 1.17 bits per heavy atom. The van der Waals surface area contributed by atoms with Gasteiger partial charge in [0.15, 0.2) is 9.84 Å². The number of halogens is 1. The molecule has 3 fully saturated rings. The van der Waals surface area contributed by atoms with Gasteiger partial charge in [0.25, 0.3) is 0 Å². The smallest absolute Gasteiger partial charge is 0.237 e. The van der Waals surface area contributed by atoms with Crippen molar-refractivity contribution in [3.63, 3.8) is 0 Å². The zero-order chi connectivity index (χ0) is 21.3. The maximum absolute atomic E-state index is 13.6. The molecule has 0 radical (unpaired) electrons. The monoisotopic (exact) mass is 437 g/mol. The molecule has 1 aliphatic carbocycles. The second kappa shape index (κ2) is 8.93. The van der Waals surface area contributed by atoms with E-state index in [0.717, 1.165) is 31.5 Å². The first-order valence-electron chi connectivity index (χ1n) is 11.1. The largest absolute Gasteiger partial charge is 0.351 e. The van der Waals surface area contributed by atoms with E-state index in [-0.39, 0.29) is 22.8 Å². The van der Waals surface area contributed by atoms with Gasteiger partial charge in [-0.1, -0.05) is 19.1 Å². The predicted molar refractivity (Wildman–Crippen MR) is 113 cm³/mol. The number of sulfone groups is 1. The molecule has 6 nitrogen and oxygen atoms in total. The summed E-state index contributed by atoms with van der Waals surface area (Å²) in [6.45, 7) is 4.14. The van der Waals surface area contributed by atoms with Crippen LogP contribution in [0.25, 0.3) is 0 Å². The SMILES string of the molecule is CC1CC(F)CCC1S(=O)(=O)c1ccc(CNC(=O)C2CC3CNCCC3N2)cc1. The van der Waals surface area contributed by atoms with Gasteiger partial charge in [-0.05, 0) is 74.7 Å². The minimum Gasteiger partial charge on any atom is -0.351 e. The van der Waals surface area contributed by atoms with Crippen molar-refractivity contribution in [3.8, 4) is 0 Å². The van der Waals surface area contributed by atoms with Gasteiger partial charge in [0.2, 0.25) is 5.91 Å². The molecule has 6 atom stereocenters. The van der Waals surface area contributed by atoms with Crippen LogP contribution in [0, 0.1) is 11.8 Å². The molecule has 2 heterocycles. The summed E-state index contributed by atoms with van der Waals surface area (Å²) in [5.74, 6) is 0.322. The summed E-state index contributed by atoms with van der Waals surface area (Å²) >= 11 is 0. The van der Waals surface area contributed by atoms with Gasteiger partial charge in [0.05, 0.1) is 16.2 Å². The number of benzene rings is 1. The third kappa shape index (κ3) is 4.55. The van der Waals surface area contributed by atoms with E-state index in [9.17, 15) is 17.6 Å². The molecule has 0 spiro atoms. The van der Waals surface area contributed by atoms with Crippen molar-refractivity contribution >= 4 is 15.7 Å². The van der Waals surface area contributed by atoms with Crippen molar-refractivity contribution in [3.05, 3.63) is 29.8 Å². The zero-order valence-electron chi connectivity index (χ0n) is 17.4. The van der Waals surface area contributed by atoms with Crippen molar-refractivity contribution in [2.45, 2.75) is 74.0 Å². The van der Waals surface area contributed by atoms with Crippen LogP contribution < -0.4 is 16.0 Å². The van der Waals surface area contributed by atoms with Gasteiger partial charge < -0.3 is 16.0 Å². The van der Waals surface area contributed by atoms with Crippen LogP contribution in [0.3, 0.4) is 0 Å². The summed E-state index contributed by atoms with van der Waals surface area (Å²) in [5, 5.41) is 9.27. The average Bonchev–Trinajstić information content (AvgIpc) is 3.16. The Balaban J connectivity index is 1.33. The third-order valence-electron chi connectivity index (χ3n) is 7.02. The number of carbonyl (C=O) groups is 1. The highest BCUT2D eigenvalue weighted by atomic mass is 32.2. The standard InChI is InChI=1S/C22H32FN3O3S/c1-14-10-17(23)4-7-21(14)30(28,29)18-5-2-15(3-6-18)12-25-22(27)20-11-16-13-24-9-8-19(16)26-20/h2-3,5-6,14,16-17,19-21,24,26H,4,7-13H2,1H3,(H,25,27). The molecule has 1 aromatic rings. The van der Waals surface area contributed by atoms with Gasteiger partial charge >= 0.3 is 0 Å². The molecule has 3 aliphatic rings. The zero-order valence-corrected chi connectivity index (χ0v) is 18.3. The fourth-order valence-electron chi connectivity index (χ4n) is 5.25. The van der Waals surface area contributed by atoms with Gasteiger partial charge in [-0.25, -0.2) is 12.8 Å². The van der Waals surface area contributed by atoms with Gasteiger partial charge in [0.1, 0.15) is 6.17 Å². The minimum absolute atomic E-state index is 0.00194. The van der Waals surface area contributed by atoms with Crippen LogP contribution in [-0.4, -0.2) is 50.9 Å². The molecule has 166 valence electrons. The number of hydrogen-bond acceptors (Lipinski definition) is 5. The lowest BCUT2D eigenvalue weighted by atomic mass is 9.89. The number of fused-ring (bicyclic) bond motifs is 1. The maximum Gasteiger partial charge on any atom is 0.237 e. The summed E-state index contributed by atoms with van der Waals surface area (Å²) < 4.78 is 39.5. The summed E-state index contributed by atoms with van der Waals surface area (Å²) in [6, 6.07) is 6.99. The van der Waals surface area contributed by atoms with E-state index in [1.165, 1.54) is 0 Å². The number of piperidine rings is 1. The third-order valence-corrected chi connectivity index (χ3v) is 9.45. The van der Waals surface area contributed by atoms with Crippen LogP contribution in [0.1, 0.15) is 44.6 Å². The molecule has 30 heavy (non-hydrogen) atoms. The summed E-state index contributed by atoms with van der Waals surface area (Å²) in [4.78, 5) is 12.8. The van der Waals surface area contributed by atoms with Crippen LogP contribution in [0.2, 0.25) is 0 Å². The van der Waals surface area contributed by atoms with E-state index >= 15 is 0 Å². The van der Waals surface area contributed by atoms with E-state index in [1.54, 1.807) is 24.3 Å². The van der Waals surface area contributed by atoms with Crippen LogP contribution in [0.15, 0.2) is 29.2 Å². The van der Waals surface area contributed by atoms with Crippen molar-refractivity contribution in [2.24, 2.45) is 11.8 Å². The average molecular weight is 438 g/mol. The molecule has 6 unspecified atom stereocenters. The van der Waals surface area contributed by atoms with Crippen LogP contribution >= 0.6 is 0 Å². The molecule has 8 heteroatoms. The van der Waals surface area contributed by atoms with Crippen molar-refractivity contribution in [1.29, 1.82) is 0 Å². The molecular formula is C22H32FN3O3S. The van der Waals surface area contributed by atoms with Gasteiger partial charge in [-0.3, -0.25) is 4.79 Å². The molecule has 2 aliphatic heterocycles. The van der Waals surface area contributed by atoms with Gasteiger partial charge in [0, 0.05) is 12.6 Å². The highest BCUT2D eigenvalue weighted by Crippen LogP contribution is 2.34. The van der Waals surface area contributed by atoms with Gasteiger partial charge in [-0.2, -0.15) is 0 Å². The lowest BCUT2D eigenvalue weighted by Crippen LogP contribution is -2.45. The molecule has 1 aromatic carbocycles. The lowest BCUT2D eigenvalue weighted by Gasteiger charge is -2.30. The van der Waals surface area contributed by atoms with E-state index in [1.807, 2.05) is 6.92 Å². The fraction of sp³-hybridized carbons (Fsp3) is 0.682. The van der Waals surface area contributed by atoms with E-state index in [4.69, 9.17) is 0 Å². The number of rotatable bonds is 5. The van der Waals surface area contributed by atoms with Crippen LogP contribution in [0.5, 0.6) is 0 Å². The van der Waals surface area contributed by atoms with Crippen molar-refractivity contribution in [2.75, 3.05) is 13.1 Å². The van der Waals surface area contributed by atoms with Gasteiger partial charge in [-0.15, -0.1) is 0 Å². The maximum atomic E-state index is 13.6. The Labute approximate surface area is 178 Å². The number of alkyl halides is 1. The molecule has 0 bridgehead atoms. The fourth-order valence-corrected chi connectivity index (χ4v) is 7.28. The molecule has 1 amide bonds. The normalized spacial score (nSPS) is 34.3. The summed E-state index contributed by atoms with van der Waals surface area (Å²) in [6.07, 6.45) is 1.99. The Kier molecular flexibility index (Phi) is 6.46. The van der Waals surface area contributed by atoms with E-state index < -0.39 is 21.3 Å². The quantitative estimate of drug-likeness (QED) is 0.655. The highest BCUT2D eigenvalue weighted by molar-refractivity contribution is 7.92. The van der Waals surface area contributed by atoms with Crippen molar-refractivity contribution < 1.29 is 17.6 Å². The Bertz CT molecular complexity index is 847. The number of hydrogen-bond donors (Lipinski definition) is 3. The first-order chi connectivity index (χ1) is 14.3. The summed E-state index contributed by atoms with van der Waals surface area (Å²) in [5.41, 5.74) is 0.861. The second-order valence-corrected chi connectivity index (χ2v) is 11.3. The van der Waals surface area contributed by atoms with Crippen LogP contribution in [-0.2, 0) is 21.2 Å². The molecule has 1 saturated carbocycles. The first-order valence-corrected chi connectivity index (χ1v) is 12.6. The minimum atomic E-state index is -3.48. The Hall–Kier alpha value is -1.51. The Morgan fingerprint density at radius 2 is 1.93 bits per heavy atom. The number of amides is 1. The topological polar surface area (TPSA) is 87.3 Å². The number of nitrogens with one attached hydrogen (secondary N) is 3. The highest BCUT2D eigenvalue weighted by Gasteiger charge is 2.39. The lowest BCUT2D eigenvalue weighted by molar-refractivity contribution is -0.123. The molecule has 0 aromatic heterocycles. The number of carbonyl (C=O) groups excluding carboxylic acids is 1. The molecule has 2 saturated heterocycles. The second-order valence-electron chi connectivity index (χ2n) is 9.15. The van der Waals surface area contributed by atoms with Crippen LogP contribution in [0.4, 0.5) is 4.39 Å². The molecule has 4 rings (SSSR count). The summed E-state index contributed by atoms with van der Waals surface area (Å²) in [7, 11) is -3.48. The predicted octanol–water partition coefficient (Wildman–Crippen LogP) is 1.94.